The van der Waals surface area contributed by atoms with Crippen LogP contribution in [-0.4, -0.2) is 47.5 Å². The number of nitrogens with one attached hydrogen (secondary N) is 1. The van der Waals surface area contributed by atoms with Crippen LogP contribution in [0.25, 0.3) is 0 Å². The monoisotopic (exact) mass is 470 g/mol. The van der Waals surface area contributed by atoms with Crippen molar-refractivity contribution < 1.29 is 14.0 Å². The van der Waals surface area contributed by atoms with Crippen molar-refractivity contribution in [3.05, 3.63) is 47.8 Å². The molecule has 2 amide bonds. The molecule has 8 heteroatoms. The summed E-state index contributed by atoms with van der Waals surface area (Å²) in [6.45, 7) is 16.7. The molecule has 2 atom stereocenters. The molecule has 0 saturated heterocycles. The Morgan fingerprint density at radius 3 is 2.67 bits per heavy atom. The fourth-order valence-corrected chi connectivity index (χ4v) is 4.80. The zero-order chi connectivity index (χ0) is 24.4. The van der Waals surface area contributed by atoms with Crippen LogP contribution in [0.2, 0.25) is 18.1 Å². The molecular formula is C25H38N4O3Si. The predicted molar refractivity (Wildman–Crippen MR) is 134 cm³/mol. The molecular weight excluding hydrogens is 432 g/mol. The molecule has 1 N–H and O–H groups in total. The summed E-state index contributed by atoms with van der Waals surface area (Å²) in [6, 6.07) is 7.12. The van der Waals surface area contributed by atoms with Gasteiger partial charge in [-0.05, 0) is 35.7 Å². The largest absolute Gasteiger partial charge is 0.415 e. The summed E-state index contributed by atoms with van der Waals surface area (Å²) < 4.78 is 8.00. The van der Waals surface area contributed by atoms with Crippen molar-refractivity contribution in [1.82, 2.24) is 14.7 Å². The van der Waals surface area contributed by atoms with Crippen molar-refractivity contribution in [2.75, 3.05) is 11.9 Å². The van der Waals surface area contributed by atoms with Gasteiger partial charge in [-0.3, -0.25) is 14.3 Å². The van der Waals surface area contributed by atoms with Crippen molar-refractivity contribution in [3.8, 4) is 0 Å². The molecule has 0 saturated carbocycles. The number of carbonyl (C=O) groups excluding carboxylic acids is 2. The number of aromatic nitrogens is 2. The predicted octanol–water partition coefficient (Wildman–Crippen LogP) is 4.91. The van der Waals surface area contributed by atoms with Gasteiger partial charge in [-0.25, -0.2) is 0 Å². The number of hydrogen-bond acceptors (Lipinski definition) is 4. The SMILES string of the molecule is CCC(C)[C@H]1C(=O)Nc2ccccc2CN1C(=O)c1cnn(CCO[Si](C)(C)C(C)(C)C)c1. The van der Waals surface area contributed by atoms with Gasteiger partial charge in [0.05, 0.1) is 24.9 Å². The van der Waals surface area contributed by atoms with Crippen LogP contribution in [0.5, 0.6) is 0 Å². The van der Waals surface area contributed by atoms with E-state index in [4.69, 9.17) is 4.43 Å². The number of hydrogen-bond donors (Lipinski definition) is 1. The maximum atomic E-state index is 13.6. The van der Waals surface area contributed by atoms with E-state index < -0.39 is 14.4 Å². The van der Waals surface area contributed by atoms with Gasteiger partial charge >= 0.3 is 0 Å². The highest BCUT2D eigenvalue weighted by molar-refractivity contribution is 6.74. The van der Waals surface area contributed by atoms with Gasteiger partial charge in [0.1, 0.15) is 6.04 Å². The molecule has 0 fully saturated rings. The maximum absolute atomic E-state index is 13.6. The average Bonchev–Trinajstić information content (AvgIpc) is 3.15. The topological polar surface area (TPSA) is 76.5 Å². The first-order chi connectivity index (χ1) is 15.4. The van der Waals surface area contributed by atoms with E-state index in [-0.39, 0.29) is 22.8 Å². The highest BCUT2D eigenvalue weighted by Crippen LogP contribution is 2.36. The summed E-state index contributed by atoms with van der Waals surface area (Å²) in [5, 5.41) is 7.56. The second-order valence-electron chi connectivity index (χ2n) is 10.5. The lowest BCUT2D eigenvalue weighted by Crippen LogP contribution is -2.48. The number of carbonyl (C=O) groups is 2. The van der Waals surface area contributed by atoms with E-state index in [1.807, 2.05) is 38.1 Å². The van der Waals surface area contributed by atoms with Crippen LogP contribution in [0.15, 0.2) is 36.7 Å². The minimum atomic E-state index is -1.83. The Balaban J connectivity index is 1.78. The summed E-state index contributed by atoms with van der Waals surface area (Å²) in [7, 11) is -1.83. The van der Waals surface area contributed by atoms with E-state index in [0.29, 0.717) is 25.3 Å². The normalized spacial score (nSPS) is 17.8. The summed E-state index contributed by atoms with van der Waals surface area (Å²) in [5.41, 5.74) is 2.19. The van der Waals surface area contributed by atoms with E-state index in [9.17, 15) is 9.59 Å². The minimum absolute atomic E-state index is 0.0243. The van der Waals surface area contributed by atoms with Gasteiger partial charge < -0.3 is 14.6 Å². The van der Waals surface area contributed by atoms with Crippen LogP contribution < -0.4 is 5.32 Å². The van der Waals surface area contributed by atoms with Crippen LogP contribution in [0, 0.1) is 5.92 Å². The van der Waals surface area contributed by atoms with Crippen LogP contribution in [0.1, 0.15) is 57.0 Å². The molecule has 1 aromatic carbocycles. The van der Waals surface area contributed by atoms with Crippen LogP contribution in [0.4, 0.5) is 5.69 Å². The first-order valence-corrected chi connectivity index (χ1v) is 14.7. The molecule has 0 spiro atoms. The van der Waals surface area contributed by atoms with Gasteiger partial charge in [0.25, 0.3) is 5.91 Å². The van der Waals surface area contributed by atoms with Gasteiger partial charge in [-0.15, -0.1) is 0 Å². The van der Waals surface area contributed by atoms with Crippen molar-refractivity contribution in [2.24, 2.45) is 5.92 Å². The number of nitrogens with zero attached hydrogens (tertiary/aromatic N) is 3. The molecule has 3 rings (SSSR count). The lowest BCUT2D eigenvalue weighted by atomic mass is 9.96. The second-order valence-corrected chi connectivity index (χ2v) is 15.3. The van der Waals surface area contributed by atoms with E-state index in [2.05, 4.69) is 44.3 Å². The molecule has 0 bridgehead atoms. The molecule has 1 aromatic heterocycles. The minimum Gasteiger partial charge on any atom is -0.415 e. The molecule has 1 aliphatic rings. The molecule has 7 nitrogen and oxygen atoms in total. The van der Waals surface area contributed by atoms with Crippen molar-refractivity contribution in [1.29, 1.82) is 0 Å². The summed E-state index contributed by atoms with van der Waals surface area (Å²) in [4.78, 5) is 28.4. The van der Waals surface area contributed by atoms with Gasteiger partial charge in [0, 0.05) is 18.4 Å². The summed E-state index contributed by atoms with van der Waals surface area (Å²) >= 11 is 0. The molecule has 0 radical (unpaired) electrons. The average molecular weight is 471 g/mol. The fraction of sp³-hybridized carbons (Fsp3) is 0.560. The molecule has 33 heavy (non-hydrogen) atoms. The highest BCUT2D eigenvalue weighted by Gasteiger charge is 2.38. The number of benzene rings is 1. The van der Waals surface area contributed by atoms with E-state index in [1.54, 1.807) is 22.0 Å². The van der Waals surface area contributed by atoms with Gasteiger partial charge in [0.2, 0.25) is 5.91 Å². The Kier molecular flexibility index (Phi) is 7.48. The second kappa shape index (κ2) is 9.81. The van der Waals surface area contributed by atoms with E-state index in [0.717, 1.165) is 17.7 Å². The Hall–Kier alpha value is -2.45. The van der Waals surface area contributed by atoms with E-state index >= 15 is 0 Å². The van der Waals surface area contributed by atoms with Crippen LogP contribution >= 0.6 is 0 Å². The smallest absolute Gasteiger partial charge is 0.258 e. The molecule has 2 aromatic rings. The van der Waals surface area contributed by atoms with Crippen LogP contribution in [-0.2, 0) is 22.3 Å². The van der Waals surface area contributed by atoms with Crippen molar-refractivity contribution in [3.63, 3.8) is 0 Å². The fourth-order valence-electron chi connectivity index (χ4n) is 3.77. The summed E-state index contributed by atoms with van der Waals surface area (Å²) in [5.74, 6) is -0.294. The molecule has 2 heterocycles. The van der Waals surface area contributed by atoms with E-state index in [1.165, 1.54) is 0 Å². The third-order valence-corrected chi connectivity index (χ3v) is 11.7. The van der Waals surface area contributed by atoms with Crippen molar-refractivity contribution in [2.45, 2.75) is 78.3 Å². The zero-order valence-electron chi connectivity index (χ0n) is 21.0. The lowest BCUT2D eigenvalue weighted by molar-refractivity contribution is -0.122. The van der Waals surface area contributed by atoms with Crippen LogP contribution in [0.3, 0.4) is 0 Å². The Morgan fingerprint density at radius 1 is 1.30 bits per heavy atom. The number of anilines is 1. The molecule has 180 valence electrons. The highest BCUT2D eigenvalue weighted by atomic mass is 28.4. The van der Waals surface area contributed by atoms with Gasteiger partial charge in [0.15, 0.2) is 8.32 Å². The first kappa shape index (κ1) is 25.2. The third-order valence-electron chi connectivity index (χ3n) is 7.13. The quantitative estimate of drug-likeness (QED) is 0.583. The zero-order valence-corrected chi connectivity index (χ0v) is 22.0. The standard InChI is InChI=1S/C25H38N4O3Si/c1-8-18(2)22-23(30)27-21-12-10-9-11-19(21)17-29(22)24(31)20-15-26-28(16-20)13-14-32-33(6,7)25(3,4)5/h9-12,15-16,18,22H,8,13-14,17H2,1-7H3,(H,27,30)/t18?,22-/m0/s1. The number of para-hydroxylation sites is 1. The molecule has 0 aliphatic carbocycles. The number of fused-ring (bicyclic) bond motifs is 1. The van der Waals surface area contributed by atoms with Crippen molar-refractivity contribution >= 4 is 25.8 Å². The number of amides is 2. The first-order valence-electron chi connectivity index (χ1n) is 11.8. The van der Waals surface area contributed by atoms with Gasteiger partial charge in [-0.2, -0.15) is 5.10 Å². The Labute approximate surface area is 198 Å². The molecule has 1 aliphatic heterocycles. The molecule has 1 unspecified atom stereocenters. The maximum Gasteiger partial charge on any atom is 0.258 e. The Morgan fingerprint density at radius 2 is 2.00 bits per heavy atom. The number of rotatable bonds is 7. The Bertz CT molecular complexity index is 996. The summed E-state index contributed by atoms with van der Waals surface area (Å²) in [6.07, 6.45) is 4.15. The lowest BCUT2D eigenvalue weighted by Gasteiger charge is -2.36. The third kappa shape index (κ3) is 5.55. The van der Waals surface area contributed by atoms with Gasteiger partial charge in [-0.1, -0.05) is 59.2 Å².